The second-order valence-corrected chi connectivity index (χ2v) is 7.85. The van der Waals surface area contributed by atoms with E-state index in [4.69, 9.17) is 16.3 Å². The van der Waals surface area contributed by atoms with Crippen LogP contribution in [0.3, 0.4) is 0 Å². The molecule has 0 spiro atoms. The summed E-state index contributed by atoms with van der Waals surface area (Å²) in [6.45, 7) is 3.89. The van der Waals surface area contributed by atoms with E-state index < -0.39 is 23.0 Å². The van der Waals surface area contributed by atoms with Gasteiger partial charge in [0.25, 0.3) is 0 Å². The average Bonchev–Trinajstić information content (AvgIpc) is 2.74. The number of aliphatic hydroxyl groups is 1. The third-order valence-electron chi connectivity index (χ3n) is 5.13. The van der Waals surface area contributed by atoms with Crippen molar-refractivity contribution in [1.82, 2.24) is 9.55 Å². The van der Waals surface area contributed by atoms with E-state index >= 15 is 0 Å². The number of halogens is 1. The predicted octanol–water partition coefficient (Wildman–Crippen LogP) is 3.56. The second-order valence-electron chi connectivity index (χ2n) is 7.44. The summed E-state index contributed by atoms with van der Waals surface area (Å²) in [6, 6.07) is 8.37. The minimum absolute atomic E-state index is 0.0387. The number of methoxy groups -OCH3 is 1. The van der Waals surface area contributed by atoms with Crippen LogP contribution < -0.4 is 15.5 Å². The van der Waals surface area contributed by atoms with Crippen molar-refractivity contribution in [3.63, 3.8) is 0 Å². The van der Waals surface area contributed by atoms with E-state index in [-0.39, 0.29) is 29.4 Å². The molecule has 2 heterocycles. The molecule has 9 heteroatoms. The molecule has 0 aliphatic rings. The highest BCUT2D eigenvalue weighted by molar-refractivity contribution is 6.31. The molecule has 1 aromatic carbocycles. The van der Waals surface area contributed by atoms with Gasteiger partial charge in [-0.3, -0.25) is 4.79 Å². The van der Waals surface area contributed by atoms with Crippen molar-refractivity contribution in [2.45, 2.75) is 26.4 Å². The number of pyridine rings is 2. The third-order valence-corrected chi connectivity index (χ3v) is 5.50. The van der Waals surface area contributed by atoms with E-state index in [0.717, 1.165) is 5.56 Å². The molecule has 0 aliphatic carbocycles. The molecule has 0 bridgehead atoms. The normalized spacial score (nSPS) is 12.2. The van der Waals surface area contributed by atoms with Crippen molar-refractivity contribution in [2.75, 3.05) is 19.0 Å². The number of aromatic carboxylic acids is 1. The number of ether oxygens (including phenoxy) is 1. The smallest absolute Gasteiger partial charge is 0.341 e. The first kappa shape index (κ1) is 22.6. The van der Waals surface area contributed by atoms with Crippen molar-refractivity contribution >= 4 is 34.3 Å². The Bertz CT molecular complexity index is 1180. The summed E-state index contributed by atoms with van der Waals surface area (Å²) in [7, 11) is 1.45. The summed E-state index contributed by atoms with van der Waals surface area (Å²) in [5.41, 5.74) is 0.447. The van der Waals surface area contributed by atoms with Crippen LogP contribution in [0.15, 0.2) is 41.3 Å². The topological polar surface area (TPSA) is 114 Å². The summed E-state index contributed by atoms with van der Waals surface area (Å²) in [5, 5.41) is 23.3. The molecule has 3 rings (SSSR count). The van der Waals surface area contributed by atoms with Crippen molar-refractivity contribution in [1.29, 1.82) is 0 Å². The maximum absolute atomic E-state index is 12.9. The quantitative estimate of drug-likeness (QED) is 0.485. The van der Waals surface area contributed by atoms with E-state index in [2.05, 4.69) is 10.3 Å². The fourth-order valence-corrected chi connectivity index (χ4v) is 3.60. The Morgan fingerprint density at radius 2 is 2.03 bits per heavy atom. The molecule has 0 aliphatic heterocycles. The molecule has 8 nitrogen and oxygen atoms in total. The first-order chi connectivity index (χ1) is 14.8. The van der Waals surface area contributed by atoms with Crippen molar-refractivity contribution in [3.05, 3.63) is 62.9 Å². The summed E-state index contributed by atoms with van der Waals surface area (Å²) < 4.78 is 6.95. The van der Waals surface area contributed by atoms with Crippen LogP contribution in [0, 0.1) is 5.92 Å². The Hall–Kier alpha value is -3.10. The number of anilines is 1. The zero-order valence-corrected chi connectivity index (χ0v) is 18.2. The highest BCUT2D eigenvalue weighted by atomic mass is 35.5. The van der Waals surface area contributed by atoms with E-state index in [1.165, 1.54) is 23.9 Å². The predicted molar refractivity (Wildman–Crippen MR) is 119 cm³/mol. The lowest BCUT2D eigenvalue weighted by Gasteiger charge is -2.24. The summed E-state index contributed by atoms with van der Waals surface area (Å²) in [5.74, 6) is -1.15. The number of carboxylic acids is 1. The van der Waals surface area contributed by atoms with Crippen LogP contribution in [0.5, 0.6) is 5.88 Å². The lowest BCUT2D eigenvalue weighted by atomic mass is 10.0. The van der Waals surface area contributed by atoms with Gasteiger partial charge in [0.15, 0.2) is 0 Å². The highest BCUT2D eigenvalue weighted by Gasteiger charge is 2.23. The standard InChI is InChI=1S/C22H24ClN3O5/c1-12(2)18(11-27)26-10-15(22(29)30)19(28)14-8-17(21(31-3)25-20(14)26)24-9-13-6-4-5-7-16(13)23/h4-8,10,12,18,24,27H,9,11H2,1-3H3,(H,29,30). The van der Waals surface area contributed by atoms with Crippen LogP contribution in [0.4, 0.5) is 5.69 Å². The Balaban J connectivity index is 2.20. The van der Waals surface area contributed by atoms with Gasteiger partial charge < -0.3 is 24.8 Å². The van der Waals surface area contributed by atoms with Crippen LogP contribution in [-0.4, -0.2) is 39.5 Å². The van der Waals surface area contributed by atoms with Crippen molar-refractivity contribution in [3.8, 4) is 5.88 Å². The molecule has 3 aromatic rings. The number of carbonyl (C=O) groups is 1. The van der Waals surface area contributed by atoms with E-state index in [0.29, 0.717) is 17.3 Å². The first-order valence-electron chi connectivity index (χ1n) is 9.73. The number of benzene rings is 1. The summed E-state index contributed by atoms with van der Waals surface area (Å²) >= 11 is 6.21. The van der Waals surface area contributed by atoms with Gasteiger partial charge in [0, 0.05) is 17.8 Å². The Kier molecular flexibility index (Phi) is 6.82. The van der Waals surface area contributed by atoms with Crippen LogP contribution in [0.1, 0.15) is 35.8 Å². The largest absolute Gasteiger partial charge is 0.479 e. The molecule has 1 unspecified atom stereocenters. The maximum Gasteiger partial charge on any atom is 0.341 e. The maximum atomic E-state index is 12.9. The molecule has 0 amide bonds. The Morgan fingerprint density at radius 3 is 2.61 bits per heavy atom. The number of nitrogens with zero attached hydrogens (tertiary/aromatic N) is 2. The number of fused-ring (bicyclic) bond motifs is 1. The monoisotopic (exact) mass is 445 g/mol. The van der Waals surface area contributed by atoms with Crippen LogP contribution >= 0.6 is 11.6 Å². The molecule has 164 valence electrons. The van der Waals surface area contributed by atoms with Gasteiger partial charge in [0.2, 0.25) is 11.3 Å². The number of aliphatic hydroxyl groups excluding tert-OH is 1. The van der Waals surface area contributed by atoms with Crippen LogP contribution in [0.2, 0.25) is 5.02 Å². The van der Waals surface area contributed by atoms with Gasteiger partial charge in [-0.25, -0.2) is 4.79 Å². The molecule has 0 saturated carbocycles. The van der Waals surface area contributed by atoms with Gasteiger partial charge in [-0.1, -0.05) is 43.6 Å². The number of nitrogens with one attached hydrogen (secondary N) is 1. The van der Waals surface area contributed by atoms with Crippen LogP contribution in [-0.2, 0) is 6.54 Å². The zero-order valence-electron chi connectivity index (χ0n) is 17.4. The molecule has 31 heavy (non-hydrogen) atoms. The molecule has 0 fully saturated rings. The third kappa shape index (κ3) is 4.50. The number of hydrogen-bond donors (Lipinski definition) is 3. The highest BCUT2D eigenvalue weighted by Crippen LogP contribution is 2.29. The second kappa shape index (κ2) is 9.36. The van der Waals surface area contributed by atoms with E-state index in [9.17, 15) is 19.8 Å². The van der Waals surface area contributed by atoms with E-state index in [1.54, 1.807) is 6.07 Å². The Labute approximate surface area is 184 Å². The lowest BCUT2D eigenvalue weighted by molar-refractivity contribution is 0.0694. The SMILES string of the molecule is COc1nc2c(cc1NCc1ccccc1Cl)c(=O)c(C(=O)O)cn2C(CO)C(C)C. The molecule has 0 saturated heterocycles. The lowest BCUT2D eigenvalue weighted by Crippen LogP contribution is -2.26. The number of rotatable bonds is 8. The number of hydrogen-bond acceptors (Lipinski definition) is 6. The molecule has 3 N–H and O–H groups in total. The minimum atomic E-state index is -1.34. The van der Waals surface area contributed by atoms with Gasteiger partial charge in [-0.15, -0.1) is 0 Å². The first-order valence-corrected chi connectivity index (χ1v) is 10.1. The van der Waals surface area contributed by atoms with Gasteiger partial charge >= 0.3 is 5.97 Å². The molecule has 0 radical (unpaired) electrons. The number of carboxylic acid groups (broad SMARTS) is 1. The van der Waals surface area contributed by atoms with Crippen molar-refractivity contribution < 1.29 is 19.7 Å². The molecular weight excluding hydrogens is 422 g/mol. The van der Waals surface area contributed by atoms with Crippen molar-refractivity contribution in [2.24, 2.45) is 5.92 Å². The average molecular weight is 446 g/mol. The molecule has 1 atom stereocenters. The number of aromatic nitrogens is 2. The van der Waals surface area contributed by atoms with E-state index in [1.807, 2.05) is 32.0 Å². The van der Waals surface area contributed by atoms with Gasteiger partial charge in [-0.2, -0.15) is 4.98 Å². The van der Waals surface area contributed by atoms with Gasteiger partial charge in [0.05, 0.1) is 30.8 Å². The minimum Gasteiger partial charge on any atom is -0.479 e. The van der Waals surface area contributed by atoms with Crippen LogP contribution in [0.25, 0.3) is 11.0 Å². The zero-order chi connectivity index (χ0) is 22.7. The van der Waals surface area contributed by atoms with Gasteiger partial charge in [-0.05, 0) is 23.6 Å². The van der Waals surface area contributed by atoms with Gasteiger partial charge in [0.1, 0.15) is 11.2 Å². The summed E-state index contributed by atoms with van der Waals surface area (Å²) in [4.78, 5) is 29.1. The summed E-state index contributed by atoms with van der Waals surface area (Å²) in [6.07, 6.45) is 1.23. The fraction of sp³-hybridized carbons (Fsp3) is 0.318. The fourth-order valence-electron chi connectivity index (χ4n) is 3.39. The Morgan fingerprint density at radius 1 is 1.32 bits per heavy atom. The molecular formula is C22H24ClN3O5. The molecule has 2 aromatic heterocycles.